The lowest BCUT2D eigenvalue weighted by Gasteiger charge is -2.24. The van der Waals surface area contributed by atoms with Crippen molar-refractivity contribution in [3.05, 3.63) is 94.5 Å². The number of nitrogens with zero attached hydrogens (tertiary/aromatic N) is 2. The standard InChI is InChI=1S/C24H23ClN2O3S/c1-17-14-20-6-3-4-9-23(20)27(17)24(28)19-12-10-18(11-13-19)16-26(31(2,29)30)22-8-5-7-21(25)15-22/h3-13,15,17H,14,16H2,1-2H3. The Morgan fingerprint density at radius 3 is 2.45 bits per heavy atom. The normalized spacial score (nSPS) is 15.6. The SMILES string of the molecule is CC1Cc2ccccc2N1C(=O)c1ccc(CN(c2cccc(Cl)c2)S(C)(=O)=O)cc1. The highest BCUT2D eigenvalue weighted by molar-refractivity contribution is 7.92. The van der Waals surface area contributed by atoms with Crippen LogP contribution in [0.15, 0.2) is 72.8 Å². The molecule has 0 aromatic heterocycles. The highest BCUT2D eigenvalue weighted by Crippen LogP contribution is 2.33. The smallest absolute Gasteiger partial charge is 0.258 e. The van der Waals surface area contributed by atoms with E-state index < -0.39 is 10.0 Å². The van der Waals surface area contributed by atoms with Gasteiger partial charge in [0.05, 0.1) is 18.5 Å². The molecule has 1 heterocycles. The molecular formula is C24H23ClN2O3S. The maximum Gasteiger partial charge on any atom is 0.258 e. The van der Waals surface area contributed by atoms with Crippen molar-refractivity contribution in [1.29, 1.82) is 0 Å². The van der Waals surface area contributed by atoms with Gasteiger partial charge in [-0.2, -0.15) is 0 Å². The first kappa shape index (κ1) is 21.4. The van der Waals surface area contributed by atoms with Gasteiger partial charge in [-0.1, -0.05) is 48.0 Å². The molecule has 7 heteroatoms. The molecule has 4 rings (SSSR count). The van der Waals surface area contributed by atoms with E-state index in [1.807, 2.05) is 30.0 Å². The minimum absolute atomic E-state index is 0.0567. The van der Waals surface area contributed by atoms with E-state index in [0.29, 0.717) is 16.3 Å². The lowest BCUT2D eigenvalue weighted by molar-refractivity contribution is 0.0981. The van der Waals surface area contributed by atoms with Gasteiger partial charge in [-0.05, 0) is 60.9 Å². The monoisotopic (exact) mass is 454 g/mol. The van der Waals surface area contributed by atoms with Crippen molar-refractivity contribution in [2.75, 3.05) is 15.5 Å². The molecule has 1 unspecified atom stereocenters. The van der Waals surface area contributed by atoms with Crippen molar-refractivity contribution in [2.45, 2.75) is 25.9 Å². The summed E-state index contributed by atoms with van der Waals surface area (Å²) in [6.45, 7) is 2.19. The van der Waals surface area contributed by atoms with Crippen LogP contribution in [0.2, 0.25) is 5.02 Å². The van der Waals surface area contributed by atoms with Crippen molar-refractivity contribution in [1.82, 2.24) is 0 Å². The Labute approximate surface area is 187 Å². The quantitative estimate of drug-likeness (QED) is 0.551. The fourth-order valence-electron chi connectivity index (χ4n) is 3.96. The lowest BCUT2D eigenvalue weighted by atomic mass is 10.1. The Hall–Kier alpha value is -2.83. The van der Waals surface area contributed by atoms with Gasteiger partial charge in [-0.25, -0.2) is 8.42 Å². The van der Waals surface area contributed by atoms with Crippen LogP contribution in [0.3, 0.4) is 0 Å². The number of benzene rings is 3. The molecule has 0 saturated carbocycles. The topological polar surface area (TPSA) is 57.7 Å². The fourth-order valence-corrected chi connectivity index (χ4v) is 5.03. The molecule has 5 nitrogen and oxygen atoms in total. The van der Waals surface area contributed by atoms with Gasteiger partial charge in [0.1, 0.15) is 0 Å². The van der Waals surface area contributed by atoms with E-state index in [0.717, 1.165) is 23.9 Å². The summed E-state index contributed by atoms with van der Waals surface area (Å²) in [6.07, 6.45) is 2.00. The molecule has 0 spiro atoms. The molecule has 160 valence electrons. The van der Waals surface area contributed by atoms with Crippen LogP contribution in [0.4, 0.5) is 11.4 Å². The van der Waals surface area contributed by atoms with Crippen LogP contribution in [0.5, 0.6) is 0 Å². The first-order chi connectivity index (χ1) is 14.7. The van der Waals surface area contributed by atoms with Gasteiger partial charge in [0.15, 0.2) is 0 Å². The van der Waals surface area contributed by atoms with Gasteiger partial charge in [-0.3, -0.25) is 9.10 Å². The van der Waals surface area contributed by atoms with Crippen molar-refractivity contribution in [3.63, 3.8) is 0 Å². The number of amides is 1. The average Bonchev–Trinajstić information content (AvgIpc) is 3.06. The van der Waals surface area contributed by atoms with Gasteiger partial charge < -0.3 is 4.90 Å². The zero-order valence-corrected chi connectivity index (χ0v) is 18.9. The van der Waals surface area contributed by atoms with Crippen molar-refractivity contribution < 1.29 is 13.2 Å². The number of rotatable bonds is 5. The summed E-state index contributed by atoms with van der Waals surface area (Å²) in [5, 5.41) is 0.465. The van der Waals surface area contributed by atoms with E-state index in [1.165, 1.54) is 9.87 Å². The molecular weight excluding hydrogens is 432 g/mol. The predicted octanol–water partition coefficient (Wildman–Crippen LogP) is 4.90. The van der Waals surface area contributed by atoms with E-state index in [9.17, 15) is 13.2 Å². The van der Waals surface area contributed by atoms with Crippen molar-refractivity contribution in [2.24, 2.45) is 0 Å². The minimum Gasteiger partial charge on any atom is -0.305 e. The maximum atomic E-state index is 13.2. The van der Waals surface area contributed by atoms with Crippen LogP contribution in [-0.2, 0) is 23.0 Å². The van der Waals surface area contributed by atoms with Gasteiger partial charge in [0, 0.05) is 22.3 Å². The molecule has 0 radical (unpaired) electrons. The first-order valence-corrected chi connectivity index (χ1v) is 12.2. The van der Waals surface area contributed by atoms with Crippen LogP contribution in [0.25, 0.3) is 0 Å². The van der Waals surface area contributed by atoms with E-state index in [1.54, 1.807) is 48.5 Å². The summed E-state index contributed by atoms with van der Waals surface area (Å²) in [5.41, 5.74) is 3.97. The van der Waals surface area contributed by atoms with Gasteiger partial charge in [0.25, 0.3) is 5.91 Å². The largest absolute Gasteiger partial charge is 0.305 e. The van der Waals surface area contributed by atoms with Crippen LogP contribution < -0.4 is 9.21 Å². The Morgan fingerprint density at radius 2 is 1.77 bits per heavy atom. The van der Waals surface area contributed by atoms with Crippen molar-refractivity contribution in [3.8, 4) is 0 Å². The number of fused-ring (bicyclic) bond motifs is 1. The Morgan fingerprint density at radius 1 is 1.06 bits per heavy atom. The lowest BCUT2D eigenvalue weighted by Crippen LogP contribution is -2.35. The fraction of sp³-hybridized carbons (Fsp3) is 0.208. The number of halogens is 1. The molecule has 0 bridgehead atoms. The molecule has 1 amide bonds. The molecule has 0 N–H and O–H groups in total. The summed E-state index contributed by atoms with van der Waals surface area (Å²) in [7, 11) is -3.51. The molecule has 0 aliphatic carbocycles. The third kappa shape index (κ3) is 4.45. The molecule has 0 saturated heterocycles. The number of carbonyl (C=O) groups is 1. The van der Waals surface area contributed by atoms with E-state index in [2.05, 4.69) is 6.07 Å². The molecule has 1 atom stereocenters. The molecule has 3 aromatic rings. The predicted molar refractivity (Wildman–Crippen MR) is 125 cm³/mol. The third-order valence-electron chi connectivity index (χ3n) is 5.45. The maximum absolute atomic E-state index is 13.2. The summed E-state index contributed by atoms with van der Waals surface area (Å²) >= 11 is 6.04. The summed E-state index contributed by atoms with van der Waals surface area (Å²) in [5.74, 6) is -0.0567. The van der Waals surface area contributed by atoms with Crippen LogP contribution in [-0.4, -0.2) is 26.6 Å². The molecule has 31 heavy (non-hydrogen) atoms. The summed E-state index contributed by atoms with van der Waals surface area (Å²) in [6, 6.07) is 21.9. The van der Waals surface area contributed by atoms with Crippen LogP contribution >= 0.6 is 11.6 Å². The van der Waals surface area contributed by atoms with Gasteiger partial charge in [-0.15, -0.1) is 0 Å². The Bertz CT molecular complexity index is 1230. The second-order valence-electron chi connectivity index (χ2n) is 7.80. The summed E-state index contributed by atoms with van der Waals surface area (Å²) in [4.78, 5) is 15.0. The number of sulfonamides is 1. The molecule has 0 fully saturated rings. The highest BCUT2D eigenvalue weighted by Gasteiger charge is 2.31. The van der Waals surface area contributed by atoms with E-state index in [-0.39, 0.29) is 18.5 Å². The van der Waals surface area contributed by atoms with Crippen LogP contribution in [0.1, 0.15) is 28.4 Å². The number of hydrogen-bond donors (Lipinski definition) is 0. The molecule has 1 aliphatic heterocycles. The Kier molecular flexibility index (Phi) is 5.77. The number of carbonyl (C=O) groups excluding carboxylic acids is 1. The zero-order valence-electron chi connectivity index (χ0n) is 17.3. The second-order valence-corrected chi connectivity index (χ2v) is 10.1. The highest BCUT2D eigenvalue weighted by atomic mass is 35.5. The minimum atomic E-state index is -3.51. The third-order valence-corrected chi connectivity index (χ3v) is 6.83. The second kappa shape index (κ2) is 8.36. The average molecular weight is 455 g/mol. The van der Waals surface area contributed by atoms with E-state index in [4.69, 9.17) is 11.6 Å². The van der Waals surface area contributed by atoms with Gasteiger partial charge >= 0.3 is 0 Å². The zero-order chi connectivity index (χ0) is 22.2. The molecule has 3 aromatic carbocycles. The number of anilines is 2. The van der Waals surface area contributed by atoms with E-state index >= 15 is 0 Å². The number of para-hydroxylation sites is 1. The summed E-state index contributed by atoms with van der Waals surface area (Å²) < 4.78 is 26.0. The number of hydrogen-bond acceptors (Lipinski definition) is 3. The Balaban J connectivity index is 1.57. The van der Waals surface area contributed by atoms with Gasteiger partial charge in [0.2, 0.25) is 10.0 Å². The first-order valence-electron chi connectivity index (χ1n) is 9.98. The van der Waals surface area contributed by atoms with Crippen LogP contribution in [0, 0.1) is 0 Å². The molecule has 1 aliphatic rings. The van der Waals surface area contributed by atoms with Crippen molar-refractivity contribution >= 4 is 38.9 Å².